The lowest BCUT2D eigenvalue weighted by Gasteiger charge is -2.44. The molecule has 0 aliphatic carbocycles. The minimum absolute atomic E-state index is 0.0941. The first kappa shape index (κ1) is 23.2. The van der Waals surface area contributed by atoms with Crippen molar-refractivity contribution < 1.29 is 14.6 Å². The monoisotopic (exact) mass is 472 g/mol. The largest absolute Gasteiger partial charge is 0.456 e. The number of carbonyl (C=O) groups is 1. The molecular weight excluding hydrogens is 440 g/mol. The molecular formula is C28H32N4O3. The van der Waals surface area contributed by atoms with Gasteiger partial charge in [-0.25, -0.2) is 5.43 Å². The summed E-state index contributed by atoms with van der Waals surface area (Å²) in [6, 6.07) is 16.0. The molecule has 2 heterocycles. The van der Waals surface area contributed by atoms with Gasteiger partial charge in [-0.3, -0.25) is 9.80 Å². The number of amides is 1. The molecule has 0 bridgehead atoms. The number of nitrogens with one attached hydrogen (secondary N) is 3. The second-order valence-corrected chi connectivity index (χ2v) is 9.02. The average molecular weight is 473 g/mol. The zero-order chi connectivity index (χ0) is 24.7. The number of aliphatic hydroxyl groups excluding tert-OH is 1. The van der Waals surface area contributed by atoms with Gasteiger partial charge in [0.1, 0.15) is 17.0 Å². The Labute approximate surface area is 206 Å². The highest BCUT2D eigenvalue weighted by atomic mass is 16.5. The number of aryl methyl sites for hydroxylation is 2. The maximum absolute atomic E-state index is 13.8. The maximum Gasteiger partial charge on any atom is 0.269 e. The van der Waals surface area contributed by atoms with E-state index < -0.39 is 5.54 Å². The number of fused-ring (bicyclic) bond motifs is 6. The number of hydrazine groups is 1. The summed E-state index contributed by atoms with van der Waals surface area (Å²) in [6.45, 7) is 9.99. The van der Waals surface area contributed by atoms with E-state index in [0.717, 1.165) is 52.3 Å². The van der Waals surface area contributed by atoms with Crippen molar-refractivity contribution in [2.75, 3.05) is 36.9 Å². The van der Waals surface area contributed by atoms with Gasteiger partial charge in [-0.15, -0.1) is 0 Å². The van der Waals surface area contributed by atoms with E-state index in [-0.39, 0.29) is 19.1 Å². The van der Waals surface area contributed by atoms with E-state index in [2.05, 4.69) is 55.9 Å². The van der Waals surface area contributed by atoms with Crippen LogP contribution in [0.3, 0.4) is 0 Å². The lowest BCUT2D eigenvalue weighted by Crippen LogP contribution is -2.54. The van der Waals surface area contributed by atoms with Crippen LogP contribution in [0.4, 0.5) is 11.4 Å². The molecule has 2 aliphatic rings. The molecule has 1 amide bonds. The first-order valence-electron chi connectivity index (χ1n) is 12.2. The average Bonchev–Trinajstić information content (AvgIpc) is 3.09. The zero-order valence-electron chi connectivity index (χ0n) is 20.7. The van der Waals surface area contributed by atoms with Crippen molar-refractivity contribution in [1.82, 2.24) is 10.4 Å². The highest BCUT2D eigenvalue weighted by Gasteiger charge is 2.57. The topological polar surface area (TPSA) is 85.9 Å². The van der Waals surface area contributed by atoms with Gasteiger partial charge in [0.05, 0.1) is 6.61 Å². The number of hydrogen-bond donors (Lipinski definition) is 4. The smallest absolute Gasteiger partial charge is 0.269 e. The summed E-state index contributed by atoms with van der Waals surface area (Å²) in [5, 5.41) is 18.2. The lowest BCUT2D eigenvalue weighted by molar-refractivity contribution is 0.0486. The van der Waals surface area contributed by atoms with Crippen molar-refractivity contribution in [2.45, 2.75) is 33.2 Å². The standard InChI is InChI=1S/C28H32N4O3/c1-5-29-23-15-25-21(13-17(23)3)28(22-14-18(4)24(30-6-2)16-26(22)35-25)20-10-8-7-9-19(20)27(34)32(28)31-11-12-33/h7-10,13-16,29-31,33H,5-6,11-12H2,1-4H3. The van der Waals surface area contributed by atoms with E-state index in [0.29, 0.717) is 17.1 Å². The predicted octanol–water partition coefficient (Wildman–Crippen LogP) is 4.52. The van der Waals surface area contributed by atoms with Crippen LogP contribution in [0.2, 0.25) is 0 Å². The SMILES string of the molecule is CCNc1cc2c(cc1C)C1(c3cc(C)c(NCC)cc3O2)c2ccccc2C(=O)N1NCCO. The van der Waals surface area contributed by atoms with Crippen LogP contribution in [0.15, 0.2) is 48.5 Å². The third kappa shape index (κ3) is 3.38. The van der Waals surface area contributed by atoms with Crippen LogP contribution >= 0.6 is 0 Å². The van der Waals surface area contributed by atoms with Gasteiger partial charge in [-0.05, 0) is 57.0 Å². The molecule has 3 aromatic carbocycles. The Bertz CT molecular complexity index is 1240. The van der Waals surface area contributed by atoms with Crippen molar-refractivity contribution in [3.05, 3.63) is 81.9 Å². The Balaban J connectivity index is 1.88. The summed E-state index contributed by atoms with van der Waals surface area (Å²) < 4.78 is 6.56. The van der Waals surface area contributed by atoms with Crippen molar-refractivity contribution in [1.29, 1.82) is 0 Å². The molecule has 5 rings (SSSR count). The van der Waals surface area contributed by atoms with Gasteiger partial charge in [-0.2, -0.15) is 0 Å². The van der Waals surface area contributed by atoms with Gasteiger partial charge < -0.3 is 20.5 Å². The molecule has 1 spiro atoms. The quantitative estimate of drug-likeness (QED) is 0.405. The molecule has 4 N–H and O–H groups in total. The third-order valence-corrected chi connectivity index (χ3v) is 6.85. The molecule has 3 aromatic rings. The Hall–Kier alpha value is -3.55. The number of aliphatic hydroxyl groups is 1. The summed E-state index contributed by atoms with van der Waals surface area (Å²) >= 11 is 0. The summed E-state index contributed by atoms with van der Waals surface area (Å²) in [7, 11) is 0. The minimum atomic E-state index is -0.948. The molecule has 0 atom stereocenters. The maximum atomic E-state index is 13.8. The molecule has 2 aliphatic heterocycles. The second-order valence-electron chi connectivity index (χ2n) is 9.02. The molecule has 0 radical (unpaired) electrons. The molecule has 7 heteroatoms. The predicted molar refractivity (Wildman–Crippen MR) is 138 cm³/mol. The van der Waals surface area contributed by atoms with Crippen molar-refractivity contribution >= 4 is 17.3 Å². The Kier molecular flexibility index (Phi) is 5.91. The number of rotatable bonds is 7. The van der Waals surface area contributed by atoms with Gasteiger partial charge in [0.25, 0.3) is 5.91 Å². The molecule has 0 fully saturated rings. The normalized spacial score (nSPS) is 14.9. The summed E-state index contributed by atoms with van der Waals surface area (Å²) in [5.74, 6) is 1.27. The molecule has 182 valence electrons. The molecule has 0 unspecified atom stereocenters. The first-order chi connectivity index (χ1) is 17.0. The fraction of sp³-hybridized carbons (Fsp3) is 0.321. The van der Waals surface area contributed by atoms with E-state index in [1.54, 1.807) is 5.01 Å². The minimum Gasteiger partial charge on any atom is -0.456 e. The molecule has 0 aromatic heterocycles. The number of hydrogen-bond acceptors (Lipinski definition) is 6. The third-order valence-electron chi connectivity index (χ3n) is 6.85. The van der Waals surface area contributed by atoms with E-state index >= 15 is 0 Å². The van der Waals surface area contributed by atoms with Gasteiger partial charge in [0.15, 0.2) is 0 Å². The van der Waals surface area contributed by atoms with Crippen molar-refractivity contribution in [2.24, 2.45) is 0 Å². The van der Waals surface area contributed by atoms with E-state index in [9.17, 15) is 9.90 Å². The Morgan fingerprint density at radius 2 is 1.46 bits per heavy atom. The number of benzene rings is 3. The highest BCUT2D eigenvalue weighted by molar-refractivity contribution is 6.02. The van der Waals surface area contributed by atoms with Crippen LogP contribution in [-0.4, -0.2) is 42.3 Å². The zero-order valence-corrected chi connectivity index (χ0v) is 20.7. The van der Waals surface area contributed by atoms with Crippen LogP contribution < -0.4 is 20.8 Å². The van der Waals surface area contributed by atoms with E-state index in [1.807, 2.05) is 36.4 Å². The molecule has 0 saturated heterocycles. The van der Waals surface area contributed by atoms with Crippen LogP contribution in [0.1, 0.15) is 52.0 Å². The lowest BCUT2D eigenvalue weighted by atomic mass is 9.74. The number of nitrogens with zero attached hydrogens (tertiary/aromatic N) is 1. The van der Waals surface area contributed by atoms with Gasteiger partial charge >= 0.3 is 0 Å². The molecule has 7 nitrogen and oxygen atoms in total. The Morgan fingerprint density at radius 1 is 0.886 bits per heavy atom. The van der Waals surface area contributed by atoms with E-state index in [4.69, 9.17) is 4.74 Å². The molecule has 35 heavy (non-hydrogen) atoms. The first-order valence-corrected chi connectivity index (χ1v) is 12.2. The van der Waals surface area contributed by atoms with Crippen molar-refractivity contribution in [3.63, 3.8) is 0 Å². The van der Waals surface area contributed by atoms with Crippen LogP contribution in [0, 0.1) is 13.8 Å². The van der Waals surface area contributed by atoms with Gasteiger partial charge in [0, 0.05) is 65.4 Å². The molecule has 0 saturated carbocycles. The number of ether oxygens (including phenoxy) is 1. The van der Waals surface area contributed by atoms with Gasteiger partial charge in [0.2, 0.25) is 0 Å². The number of anilines is 2. The van der Waals surface area contributed by atoms with Gasteiger partial charge in [-0.1, -0.05) is 18.2 Å². The fourth-order valence-electron chi connectivity index (χ4n) is 5.40. The Morgan fingerprint density at radius 3 is 2.00 bits per heavy atom. The van der Waals surface area contributed by atoms with Crippen molar-refractivity contribution in [3.8, 4) is 11.5 Å². The highest BCUT2D eigenvalue weighted by Crippen LogP contribution is 2.58. The van der Waals surface area contributed by atoms with E-state index in [1.165, 1.54) is 0 Å². The van der Waals surface area contributed by atoms with Crippen LogP contribution in [0.25, 0.3) is 0 Å². The second kappa shape index (κ2) is 8.91. The summed E-state index contributed by atoms with van der Waals surface area (Å²) in [4.78, 5) is 13.8. The fourth-order valence-corrected chi connectivity index (χ4v) is 5.40. The summed E-state index contributed by atoms with van der Waals surface area (Å²) in [5.41, 5.74) is 9.73. The van der Waals surface area contributed by atoms with Crippen LogP contribution in [-0.2, 0) is 5.54 Å². The summed E-state index contributed by atoms with van der Waals surface area (Å²) in [6.07, 6.45) is 0. The number of carbonyl (C=O) groups excluding carboxylic acids is 1. The van der Waals surface area contributed by atoms with Crippen LogP contribution in [0.5, 0.6) is 11.5 Å².